The molecule has 1 aromatic heterocycles. The van der Waals surface area contributed by atoms with Crippen molar-refractivity contribution < 1.29 is 13.6 Å². The molecule has 3 nitrogen and oxygen atoms in total. The zero-order chi connectivity index (χ0) is 13.5. The molecule has 2 fully saturated rings. The molecule has 6 heteroatoms. The largest absolute Gasteiger partial charge is 0.315 e. The van der Waals surface area contributed by atoms with Crippen LogP contribution in [-0.4, -0.2) is 29.3 Å². The average molecular weight is 286 g/mol. The van der Waals surface area contributed by atoms with Gasteiger partial charge >= 0.3 is 0 Å². The van der Waals surface area contributed by atoms with Crippen LogP contribution in [0.3, 0.4) is 0 Å². The average Bonchev–Trinajstić information content (AvgIpc) is 3.07. The summed E-state index contributed by atoms with van der Waals surface area (Å²) in [5, 5.41) is 5.23. The van der Waals surface area contributed by atoms with Crippen molar-refractivity contribution in [3.63, 3.8) is 0 Å². The highest BCUT2D eigenvalue weighted by molar-refractivity contribution is 7.10. The van der Waals surface area contributed by atoms with Gasteiger partial charge in [0.25, 0.3) is 6.43 Å². The van der Waals surface area contributed by atoms with Crippen LogP contribution >= 0.6 is 11.3 Å². The van der Waals surface area contributed by atoms with Crippen LogP contribution in [0.1, 0.15) is 36.7 Å². The van der Waals surface area contributed by atoms with Crippen LogP contribution in [0.2, 0.25) is 0 Å². The first-order chi connectivity index (χ1) is 9.12. The molecule has 1 atom stereocenters. The van der Waals surface area contributed by atoms with E-state index < -0.39 is 18.5 Å². The lowest BCUT2D eigenvalue weighted by Gasteiger charge is -2.22. The summed E-state index contributed by atoms with van der Waals surface area (Å²) in [5.41, 5.74) is -0.594. The van der Waals surface area contributed by atoms with Crippen molar-refractivity contribution in [2.75, 3.05) is 6.54 Å². The fraction of sp³-hybridized carbons (Fsp3) is 0.615. The van der Waals surface area contributed by atoms with E-state index in [1.807, 2.05) is 17.5 Å². The van der Waals surface area contributed by atoms with E-state index in [0.717, 1.165) is 30.6 Å². The molecule has 1 spiro atoms. The number of alkyl halides is 2. The standard InChI is InChI=1S/C13H16F2N2OS/c14-10(15)8-17-11(9-4-3-7-19-9)16-13(12(17)18)5-1-2-6-13/h3-4,7,10-11,16H,1-2,5-6,8H2. The van der Waals surface area contributed by atoms with E-state index in [1.165, 1.54) is 16.2 Å². The van der Waals surface area contributed by atoms with Crippen LogP contribution in [-0.2, 0) is 4.79 Å². The number of hydrogen-bond acceptors (Lipinski definition) is 3. The van der Waals surface area contributed by atoms with E-state index in [2.05, 4.69) is 5.32 Å². The summed E-state index contributed by atoms with van der Waals surface area (Å²) in [5.74, 6) is -0.149. The van der Waals surface area contributed by atoms with Gasteiger partial charge < -0.3 is 4.90 Å². The minimum Gasteiger partial charge on any atom is -0.315 e. The molecule has 2 heterocycles. The van der Waals surface area contributed by atoms with Crippen molar-refractivity contribution in [3.05, 3.63) is 22.4 Å². The normalized spacial score (nSPS) is 25.9. The zero-order valence-electron chi connectivity index (χ0n) is 10.4. The number of nitrogens with zero attached hydrogens (tertiary/aromatic N) is 1. The second kappa shape index (κ2) is 4.83. The molecule has 19 heavy (non-hydrogen) atoms. The topological polar surface area (TPSA) is 32.3 Å². The molecular weight excluding hydrogens is 270 g/mol. The maximum absolute atomic E-state index is 12.7. The Bertz CT molecular complexity index is 457. The Morgan fingerprint density at radius 3 is 2.79 bits per heavy atom. The van der Waals surface area contributed by atoms with E-state index in [1.54, 1.807) is 0 Å². The molecule has 2 aliphatic rings. The molecular formula is C13H16F2N2OS. The van der Waals surface area contributed by atoms with Crippen molar-refractivity contribution in [2.45, 2.75) is 43.8 Å². The maximum atomic E-state index is 12.7. The molecule has 1 aromatic rings. The number of hydrogen-bond donors (Lipinski definition) is 1. The first kappa shape index (κ1) is 13.0. The van der Waals surface area contributed by atoms with Crippen LogP contribution in [0.15, 0.2) is 17.5 Å². The smallest absolute Gasteiger partial charge is 0.255 e. The van der Waals surface area contributed by atoms with Crippen LogP contribution < -0.4 is 5.32 Å². The van der Waals surface area contributed by atoms with Gasteiger partial charge in [-0.05, 0) is 24.3 Å². The highest BCUT2D eigenvalue weighted by atomic mass is 32.1. The van der Waals surface area contributed by atoms with E-state index in [9.17, 15) is 13.6 Å². The molecule has 1 aliphatic heterocycles. The Kier molecular flexibility index (Phi) is 3.30. The fourth-order valence-corrected chi connectivity index (χ4v) is 3.93. The quantitative estimate of drug-likeness (QED) is 0.926. The van der Waals surface area contributed by atoms with Crippen LogP contribution in [0, 0.1) is 0 Å². The molecule has 0 aromatic carbocycles. The third-order valence-corrected chi connectivity index (χ3v) is 4.92. The van der Waals surface area contributed by atoms with Gasteiger partial charge in [-0.15, -0.1) is 11.3 Å². The van der Waals surface area contributed by atoms with E-state index in [0.29, 0.717) is 0 Å². The first-order valence-electron chi connectivity index (χ1n) is 6.53. The van der Waals surface area contributed by atoms with Crippen molar-refractivity contribution >= 4 is 17.2 Å². The summed E-state index contributed by atoms with van der Waals surface area (Å²) in [6.07, 6.45) is 0.599. The van der Waals surface area contributed by atoms with Gasteiger partial charge in [-0.2, -0.15) is 0 Å². The SMILES string of the molecule is O=C1N(CC(F)F)C(c2cccs2)NC12CCCC2. The maximum Gasteiger partial charge on any atom is 0.255 e. The number of amides is 1. The number of rotatable bonds is 3. The number of carbonyl (C=O) groups is 1. The lowest BCUT2D eigenvalue weighted by atomic mass is 9.98. The van der Waals surface area contributed by atoms with Gasteiger partial charge in [-0.3, -0.25) is 10.1 Å². The predicted octanol–water partition coefficient (Wildman–Crippen LogP) is 2.76. The Balaban J connectivity index is 1.91. The van der Waals surface area contributed by atoms with Gasteiger partial charge in [-0.1, -0.05) is 18.9 Å². The predicted molar refractivity (Wildman–Crippen MR) is 69.1 cm³/mol. The number of thiophene rings is 1. The lowest BCUT2D eigenvalue weighted by Crippen LogP contribution is -2.44. The van der Waals surface area contributed by atoms with Crippen molar-refractivity contribution in [3.8, 4) is 0 Å². The number of halogens is 2. The lowest BCUT2D eigenvalue weighted by molar-refractivity contribution is -0.135. The highest BCUT2D eigenvalue weighted by Crippen LogP contribution is 2.41. The summed E-state index contributed by atoms with van der Waals surface area (Å²) in [6, 6.07) is 3.77. The van der Waals surface area contributed by atoms with Gasteiger partial charge in [0.2, 0.25) is 5.91 Å². The minimum atomic E-state index is -2.50. The Morgan fingerprint density at radius 1 is 1.47 bits per heavy atom. The molecule has 1 saturated carbocycles. The summed E-state index contributed by atoms with van der Waals surface area (Å²) in [6.45, 7) is -0.490. The summed E-state index contributed by atoms with van der Waals surface area (Å²) < 4.78 is 25.5. The molecule has 1 amide bonds. The molecule has 0 bridgehead atoms. The van der Waals surface area contributed by atoms with Crippen molar-refractivity contribution in [1.29, 1.82) is 0 Å². The summed E-state index contributed by atoms with van der Waals surface area (Å²) in [7, 11) is 0. The summed E-state index contributed by atoms with van der Waals surface area (Å²) >= 11 is 1.49. The second-order valence-electron chi connectivity index (χ2n) is 5.20. The molecule has 1 N–H and O–H groups in total. The molecule has 3 rings (SSSR count). The molecule has 1 unspecified atom stereocenters. The third kappa shape index (κ3) is 2.17. The van der Waals surface area contributed by atoms with E-state index >= 15 is 0 Å². The highest BCUT2D eigenvalue weighted by Gasteiger charge is 2.53. The van der Waals surface area contributed by atoms with Crippen molar-refractivity contribution in [2.24, 2.45) is 0 Å². The van der Waals surface area contributed by atoms with E-state index in [4.69, 9.17) is 0 Å². The number of nitrogens with one attached hydrogen (secondary N) is 1. The van der Waals surface area contributed by atoms with Gasteiger partial charge in [0, 0.05) is 4.88 Å². The van der Waals surface area contributed by atoms with Gasteiger partial charge in [0.05, 0.1) is 12.1 Å². The Hall–Kier alpha value is -1.01. The fourth-order valence-electron chi connectivity index (χ4n) is 3.14. The Morgan fingerprint density at radius 2 is 2.21 bits per heavy atom. The molecule has 104 valence electrons. The van der Waals surface area contributed by atoms with Crippen LogP contribution in [0.4, 0.5) is 8.78 Å². The Labute approximate surface area is 114 Å². The van der Waals surface area contributed by atoms with Gasteiger partial charge in [0.15, 0.2) is 0 Å². The molecule has 1 aliphatic carbocycles. The first-order valence-corrected chi connectivity index (χ1v) is 7.41. The monoisotopic (exact) mass is 286 g/mol. The van der Waals surface area contributed by atoms with E-state index in [-0.39, 0.29) is 12.1 Å². The van der Waals surface area contributed by atoms with Gasteiger partial charge in [0.1, 0.15) is 6.17 Å². The third-order valence-electron chi connectivity index (χ3n) is 4.00. The number of carbonyl (C=O) groups excluding carboxylic acids is 1. The zero-order valence-corrected chi connectivity index (χ0v) is 11.3. The second-order valence-corrected chi connectivity index (χ2v) is 6.18. The minimum absolute atomic E-state index is 0.149. The van der Waals surface area contributed by atoms with Crippen LogP contribution in [0.25, 0.3) is 0 Å². The van der Waals surface area contributed by atoms with Crippen LogP contribution in [0.5, 0.6) is 0 Å². The summed E-state index contributed by atoms with van der Waals surface area (Å²) in [4.78, 5) is 14.8. The van der Waals surface area contributed by atoms with Crippen molar-refractivity contribution in [1.82, 2.24) is 10.2 Å². The van der Waals surface area contributed by atoms with Gasteiger partial charge in [-0.25, -0.2) is 8.78 Å². The molecule has 1 saturated heterocycles. The molecule has 0 radical (unpaired) electrons.